The molecule has 5 N–H and O–H groups in total. The standard InChI is InChI=1S/C11H19N3O4S/c1-13-19(16,17)9-3-4-10(12)11(5-9)14-8(6-15)7-18-2/h3-5,8,13-15H,6-7,12H2,1-2H3. The Labute approximate surface area is 112 Å². The van der Waals surface area contributed by atoms with Crippen molar-refractivity contribution in [3.05, 3.63) is 18.2 Å². The van der Waals surface area contributed by atoms with Gasteiger partial charge < -0.3 is 20.9 Å². The van der Waals surface area contributed by atoms with Gasteiger partial charge in [-0.3, -0.25) is 0 Å². The van der Waals surface area contributed by atoms with Crippen molar-refractivity contribution in [1.82, 2.24) is 4.72 Å². The number of hydrogen-bond acceptors (Lipinski definition) is 6. The Balaban J connectivity index is 3.04. The summed E-state index contributed by atoms with van der Waals surface area (Å²) in [6, 6.07) is 3.96. The fourth-order valence-corrected chi connectivity index (χ4v) is 2.26. The number of nitrogens with two attached hydrogens (primary N) is 1. The van der Waals surface area contributed by atoms with E-state index in [1.807, 2.05) is 0 Å². The first-order valence-corrected chi connectivity index (χ1v) is 7.12. The monoisotopic (exact) mass is 289 g/mol. The zero-order valence-electron chi connectivity index (χ0n) is 10.9. The van der Waals surface area contributed by atoms with Crippen molar-refractivity contribution in [3.8, 4) is 0 Å². The molecule has 1 unspecified atom stereocenters. The summed E-state index contributed by atoms with van der Waals surface area (Å²) in [5, 5.41) is 12.1. The molecule has 0 radical (unpaired) electrons. The molecule has 0 aliphatic heterocycles. The van der Waals surface area contributed by atoms with E-state index in [9.17, 15) is 13.5 Å². The van der Waals surface area contributed by atoms with E-state index in [0.717, 1.165) is 0 Å². The van der Waals surface area contributed by atoms with Crippen molar-refractivity contribution in [2.75, 3.05) is 38.4 Å². The highest BCUT2D eigenvalue weighted by molar-refractivity contribution is 7.89. The van der Waals surface area contributed by atoms with Gasteiger partial charge >= 0.3 is 0 Å². The minimum absolute atomic E-state index is 0.0980. The predicted octanol–water partition coefficient (Wildman–Crippen LogP) is -0.404. The Hall–Kier alpha value is -1.35. The molecule has 0 saturated heterocycles. The summed E-state index contributed by atoms with van der Waals surface area (Å²) in [5.41, 5.74) is 6.60. The van der Waals surface area contributed by atoms with E-state index in [0.29, 0.717) is 11.4 Å². The van der Waals surface area contributed by atoms with Crippen LogP contribution < -0.4 is 15.8 Å². The van der Waals surface area contributed by atoms with Crippen LogP contribution in [0.1, 0.15) is 0 Å². The van der Waals surface area contributed by atoms with Gasteiger partial charge in [0, 0.05) is 7.11 Å². The average Bonchev–Trinajstić information content (AvgIpc) is 2.40. The Morgan fingerprint density at radius 2 is 2.16 bits per heavy atom. The van der Waals surface area contributed by atoms with Crippen molar-refractivity contribution >= 4 is 21.4 Å². The largest absolute Gasteiger partial charge is 0.397 e. The molecule has 108 valence electrons. The van der Waals surface area contributed by atoms with E-state index in [1.54, 1.807) is 0 Å². The summed E-state index contributed by atoms with van der Waals surface area (Å²) >= 11 is 0. The van der Waals surface area contributed by atoms with Gasteiger partial charge in [-0.05, 0) is 25.2 Å². The number of sulfonamides is 1. The fraction of sp³-hybridized carbons (Fsp3) is 0.455. The molecule has 7 nitrogen and oxygen atoms in total. The number of nitrogen functional groups attached to an aromatic ring is 1. The van der Waals surface area contributed by atoms with Crippen molar-refractivity contribution < 1.29 is 18.3 Å². The molecule has 0 amide bonds. The topological polar surface area (TPSA) is 114 Å². The number of anilines is 2. The summed E-state index contributed by atoms with van der Waals surface area (Å²) < 4.78 is 30.5. The van der Waals surface area contributed by atoms with Gasteiger partial charge in [0.05, 0.1) is 35.5 Å². The number of methoxy groups -OCH3 is 1. The number of aliphatic hydroxyl groups is 1. The molecule has 0 saturated carbocycles. The van der Waals surface area contributed by atoms with Crippen molar-refractivity contribution in [1.29, 1.82) is 0 Å². The Kier molecular flexibility index (Phi) is 5.55. The van der Waals surface area contributed by atoms with Gasteiger partial charge in [0.25, 0.3) is 0 Å². The highest BCUT2D eigenvalue weighted by Gasteiger charge is 2.15. The van der Waals surface area contributed by atoms with Gasteiger partial charge in [-0.1, -0.05) is 0 Å². The number of aliphatic hydroxyl groups excluding tert-OH is 1. The molecule has 19 heavy (non-hydrogen) atoms. The first kappa shape index (κ1) is 15.7. The number of hydrogen-bond donors (Lipinski definition) is 4. The number of ether oxygens (including phenoxy) is 1. The normalized spacial score (nSPS) is 13.2. The van der Waals surface area contributed by atoms with Gasteiger partial charge in [0.1, 0.15) is 0 Å². The smallest absolute Gasteiger partial charge is 0.240 e. The van der Waals surface area contributed by atoms with Crippen LogP contribution in [0.2, 0.25) is 0 Å². The van der Waals surface area contributed by atoms with Gasteiger partial charge in [-0.25, -0.2) is 13.1 Å². The van der Waals surface area contributed by atoms with Crippen LogP contribution >= 0.6 is 0 Å². The molecule has 0 aromatic heterocycles. The number of benzene rings is 1. The third-order valence-corrected chi connectivity index (χ3v) is 3.96. The lowest BCUT2D eigenvalue weighted by Crippen LogP contribution is -2.29. The van der Waals surface area contributed by atoms with Crippen LogP contribution in [-0.4, -0.2) is 46.9 Å². The summed E-state index contributed by atoms with van der Waals surface area (Å²) in [5.74, 6) is 0. The van der Waals surface area contributed by atoms with Gasteiger partial charge in [0.15, 0.2) is 0 Å². The third kappa shape index (κ3) is 4.06. The van der Waals surface area contributed by atoms with E-state index in [1.165, 1.54) is 32.4 Å². The summed E-state index contributed by atoms with van der Waals surface area (Å²) in [6.45, 7) is 0.120. The molecule has 1 aromatic carbocycles. The molecule has 0 spiro atoms. The molecule has 0 aliphatic rings. The van der Waals surface area contributed by atoms with Crippen LogP contribution in [0.3, 0.4) is 0 Å². The highest BCUT2D eigenvalue weighted by Crippen LogP contribution is 2.23. The van der Waals surface area contributed by atoms with Crippen molar-refractivity contribution in [2.24, 2.45) is 0 Å². The lowest BCUT2D eigenvalue weighted by atomic mass is 10.2. The first-order valence-electron chi connectivity index (χ1n) is 5.64. The Bertz CT molecular complexity index is 519. The minimum atomic E-state index is -3.53. The second kappa shape index (κ2) is 6.71. The fourth-order valence-electron chi connectivity index (χ4n) is 1.51. The van der Waals surface area contributed by atoms with Crippen LogP contribution in [0, 0.1) is 0 Å². The lowest BCUT2D eigenvalue weighted by molar-refractivity contribution is 0.153. The number of rotatable bonds is 7. The second-order valence-electron chi connectivity index (χ2n) is 3.94. The van der Waals surface area contributed by atoms with Crippen LogP contribution in [0.15, 0.2) is 23.1 Å². The summed E-state index contributed by atoms with van der Waals surface area (Å²) in [6.07, 6.45) is 0. The SMILES string of the molecule is CNS(=O)(=O)c1ccc(N)c(NC(CO)COC)c1. The van der Waals surface area contributed by atoms with Gasteiger partial charge in [-0.15, -0.1) is 0 Å². The molecule has 0 heterocycles. The maximum absolute atomic E-state index is 11.7. The molecule has 0 aliphatic carbocycles. The zero-order chi connectivity index (χ0) is 14.5. The molecular weight excluding hydrogens is 270 g/mol. The molecular formula is C11H19N3O4S. The molecule has 1 rings (SSSR count). The van der Waals surface area contributed by atoms with E-state index in [4.69, 9.17) is 10.5 Å². The Morgan fingerprint density at radius 1 is 1.47 bits per heavy atom. The predicted molar refractivity (Wildman–Crippen MR) is 73.5 cm³/mol. The number of nitrogens with one attached hydrogen (secondary N) is 2. The maximum Gasteiger partial charge on any atom is 0.240 e. The van der Waals surface area contributed by atoms with Crippen LogP contribution in [0.4, 0.5) is 11.4 Å². The summed E-state index contributed by atoms with van der Waals surface area (Å²) in [4.78, 5) is 0.0980. The molecule has 1 atom stereocenters. The molecule has 0 fully saturated rings. The third-order valence-electron chi connectivity index (χ3n) is 2.55. The quantitative estimate of drug-likeness (QED) is 0.508. The van der Waals surface area contributed by atoms with E-state index >= 15 is 0 Å². The van der Waals surface area contributed by atoms with E-state index in [-0.39, 0.29) is 24.2 Å². The van der Waals surface area contributed by atoms with Crippen LogP contribution in [0.25, 0.3) is 0 Å². The van der Waals surface area contributed by atoms with Crippen molar-refractivity contribution in [3.63, 3.8) is 0 Å². The van der Waals surface area contributed by atoms with E-state index in [2.05, 4.69) is 10.0 Å². The lowest BCUT2D eigenvalue weighted by Gasteiger charge is -2.18. The Morgan fingerprint density at radius 3 is 2.68 bits per heavy atom. The molecule has 8 heteroatoms. The molecule has 1 aromatic rings. The second-order valence-corrected chi connectivity index (χ2v) is 5.82. The average molecular weight is 289 g/mol. The first-order chi connectivity index (χ1) is 8.94. The highest BCUT2D eigenvalue weighted by atomic mass is 32.2. The van der Waals surface area contributed by atoms with Crippen LogP contribution in [0.5, 0.6) is 0 Å². The van der Waals surface area contributed by atoms with Crippen LogP contribution in [-0.2, 0) is 14.8 Å². The maximum atomic E-state index is 11.7. The van der Waals surface area contributed by atoms with E-state index < -0.39 is 10.0 Å². The van der Waals surface area contributed by atoms with Gasteiger partial charge in [-0.2, -0.15) is 0 Å². The summed E-state index contributed by atoms with van der Waals surface area (Å²) in [7, 11) is -0.688. The zero-order valence-corrected chi connectivity index (χ0v) is 11.7. The molecule has 0 bridgehead atoms. The van der Waals surface area contributed by atoms with Gasteiger partial charge in [0.2, 0.25) is 10.0 Å². The minimum Gasteiger partial charge on any atom is -0.397 e. The van der Waals surface area contributed by atoms with Crippen molar-refractivity contribution in [2.45, 2.75) is 10.9 Å².